The monoisotopic (exact) mass is 261 g/mol. The van der Waals surface area contributed by atoms with Crippen LogP contribution in [0.2, 0.25) is 0 Å². The van der Waals surface area contributed by atoms with Gasteiger partial charge in [-0.15, -0.1) is 0 Å². The van der Waals surface area contributed by atoms with E-state index in [9.17, 15) is 4.79 Å². The molecule has 0 aliphatic heterocycles. The molecule has 0 bridgehead atoms. The third-order valence-electron chi connectivity index (χ3n) is 3.50. The summed E-state index contributed by atoms with van der Waals surface area (Å²) in [6, 6.07) is 6.68. The van der Waals surface area contributed by atoms with Crippen LogP contribution in [0.5, 0.6) is 0 Å². The number of ketones is 1. The van der Waals surface area contributed by atoms with E-state index in [1.54, 1.807) is 6.92 Å². The first kappa shape index (κ1) is 15.7. The summed E-state index contributed by atoms with van der Waals surface area (Å²) in [6.07, 6.45) is 1.59. The fourth-order valence-electron chi connectivity index (χ4n) is 2.24. The lowest BCUT2D eigenvalue weighted by Gasteiger charge is -2.25. The van der Waals surface area contributed by atoms with E-state index in [1.807, 2.05) is 0 Å². The zero-order chi connectivity index (χ0) is 14.6. The SMILES string of the molecule is CC(=O)CCCN(C)c1ccc(C(C)(C)C)cc1C. The van der Waals surface area contributed by atoms with Gasteiger partial charge in [-0.05, 0) is 42.9 Å². The standard InChI is InChI=1S/C17H27NO/c1-13-12-15(17(3,4)5)9-10-16(13)18(6)11-7-8-14(2)19/h9-10,12H,7-8,11H2,1-6H3. The molecule has 1 aromatic carbocycles. The Kier molecular flexibility index (Phi) is 5.16. The van der Waals surface area contributed by atoms with Crippen LogP contribution >= 0.6 is 0 Å². The minimum atomic E-state index is 0.191. The number of nitrogens with zero attached hydrogens (tertiary/aromatic N) is 1. The fraction of sp³-hybridized carbons (Fsp3) is 0.588. The Morgan fingerprint density at radius 3 is 2.37 bits per heavy atom. The predicted octanol–water partition coefficient (Wildman–Crippen LogP) is 4.10. The molecule has 0 atom stereocenters. The first-order chi connectivity index (χ1) is 8.71. The molecule has 2 heteroatoms. The fourth-order valence-corrected chi connectivity index (χ4v) is 2.24. The first-order valence-electron chi connectivity index (χ1n) is 7.03. The maximum absolute atomic E-state index is 11.0. The molecule has 0 saturated heterocycles. The van der Waals surface area contributed by atoms with Crippen LogP contribution < -0.4 is 4.90 Å². The highest BCUT2D eigenvalue weighted by molar-refractivity contribution is 5.75. The molecule has 106 valence electrons. The van der Waals surface area contributed by atoms with Gasteiger partial charge in [-0.3, -0.25) is 0 Å². The molecular weight excluding hydrogens is 234 g/mol. The number of hydrogen-bond donors (Lipinski definition) is 0. The average Bonchev–Trinajstić information content (AvgIpc) is 2.26. The molecule has 0 fully saturated rings. The smallest absolute Gasteiger partial charge is 0.129 e. The lowest BCUT2D eigenvalue weighted by molar-refractivity contribution is -0.117. The van der Waals surface area contributed by atoms with Gasteiger partial charge in [0.1, 0.15) is 5.78 Å². The van der Waals surface area contributed by atoms with Crippen LogP contribution in [0.1, 0.15) is 51.7 Å². The predicted molar refractivity (Wildman–Crippen MR) is 83.1 cm³/mol. The highest BCUT2D eigenvalue weighted by atomic mass is 16.1. The average molecular weight is 261 g/mol. The zero-order valence-electron chi connectivity index (χ0n) is 13.2. The van der Waals surface area contributed by atoms with Gasteiger partial charge >= 0.3 is 0 Å². The first-order valence-corrected chi connectivity index (χ1v) is 7.03. The third kappa shape index (κ3) is 4.70. The van der Waals surface area contributed by atoms with Crippen molar-refractivity contribution >= 4 is 11.5 Å². The lowest BCUT2D eigenvalue weighted by atomic mass is 9.86. The summed E-state index contributed by atoms with van der Waals surface area (Å²) < 4.78 is 0. The van der Waals surface area contributed by atoms with Crippen LogP contribution in [0.25, 0.3) is 0 Å². The summed E-state index contributed by atoms with van der Waals surface area (Å²) in [5.74, 6) is 0.271. The van der Waals surface area contributed by atoms with E-state index in [1.165, 1.54) is 16.8 Å². The molecule has 2 nitrogen and oxygen atoms in total. The van der Waals surface area contributed by atoms with Crippen molar-refractivity contribution in [3.63, 3.8) is 0 Å². The van der Waals surface area contributed by atoms with Gasteiger partial charge in [0.15, 0.2) is 0 Å². The molecule has 0 heterocycles. The van der Waals surface area contributed by atoms with E-state index in [0.717, 1.165) is 13.0 Å². The van der Waals surface area contributed by atoms with E-state index < -0.39 is 0 Å². The van der Waals surface area contributed by atoms with Gasteiger partial charge < -0.3 is 9.69 Å². The van der Waals surface area contributed by atoms with Gasteiger partial charge in [0, 0.05) is 25.7 Å². The number of carbonyl (C=O) groups is 1. The molecule has 0 N–H and O–H groups in total. The highest BCUT2D eigenvalue weighted by Crippen LogP contribution is 2.27. The Morgan fingerprint density at radius 2 is 1.89 bits per heavy atom. The number of aryl methyl sites for hydroxylation is 1. The quantitative estimate of drug-likeness (QED) is 0.795. The number of Topliss-reactive ketones (excluding diaryl/α,β-unsaturated/α-hetero) is 1. The Bertz CT molecular complexity index is 443. The van der Waals surface area contributed by atoms with Crippen LogP contribution in [0, 0.1) is 6.92 Å². The topological polar surface area (TPSA) is 20.3 Å². The van der Waals surface area contributed by atoms with Crippen molar-refractivity contribution in [2.45, 2.75) is 52.9 Å². The van der Waals surface area contributed by atoms with Crippen molar-refractivity contribution in [1.82, 2.24) is 0 Å². The Morgan fingerprint density at radius 1 is 1.26 bits per heavy atom. The zero-order valence-corrected chi connectivity index (χ0v) is 13.2. The molecule has 0 aliphatic rings. The van der Waals surface area contributed by atoms with Crippen molar-refractivity contribution in [2.24, 2.45) is 0 Å². The van der Waals surface area contributed by atoms with E-state index >= 15 is 0 Å². The van der Waals surface area contributed by atoms with Gasteiger partial charge in [0.25, 0.3) is 0 Å². The van der Waals surface area contributed by atoms with E-state index in [0.29, 0.717) is 6.42 Å². The Balaban J connectivity index is 2.76. The van der Waals surface area contributed by atoms with Gasteiger partial charge in [-0.2, -0.15) is 0 Å². The molecular formula is C17H27NO. The van der Waals surface area contributed by atoms with Crippen LogP contribution in [-0.2, 0) is 10.2 Å². The minimum Gasteiger partial charge on any atom is -0.374 e. The summed E-state index contributed by atoms with van der Waals surface area (Å²) in [5, 5.41) is 0. The molecule has 0 unspecified atom stereocenters. The second kappa shape index (κ2) is 6.23. The molecule has 1 aromatic rings. The maximum atomic E-state index is 11.0. The minimum absolute atomic E-state index is 0.191. The molecule has 19 heavy (non-hydrogen) atoms. The van der Waals surface area contributed by atoms with Gasteiger partial charge in [-0.1, -0.05) is 32.9 Å². The molecule has 0 saturated carbocycles. The molecule has 0 amide bonds. The Labute approximate surface area is 117 Å². The number of benzene rings is 1. The van der Waals surface area contributed by atoms with E-state index in [2.05, 4.69) is 57.8 Å². The van der Waals surface area contributed by atoms with Crippen LogP contribution in [-0.4, -0.2) is 19.4 Å². The summed E-state index contributed by atoms with van der Waals surface area (Å²) in [5.41, 5.74) is 4.12. The number of hydrogen-bond acceptors (Lipinski definition) is 2. The molecule has 0 aliphatic carbocycles. The highest BCUT2D eigenvalue weighted by Gasteiger charge is 2.15. The van der Waals surface area contributed by atoms with E-state index in [4.69, 9.17) is 0 Å². The van der Waals surface area contributed by atoms with Crippen LogP contribution in [0.4, 0.5) is 5.69 Å². The number of anilines is 1. The lowest BCUT2D eigenvalue weighted by Crippen LogP contribution is -2.20. The van der Waals surface area contributed by atoms with Gasteiger partial charge in [0.05, 0.1) is 0 Å². The van der Waals surface area contributed by atoms with Crippen molar-refractivity contribution in [1.29, 1.82) is 0 Å². The normalized spacial score (nSPS) is 11.5. The summed E-state index contributed by atoms with van der Waals surface area (Å²) in [7, 11) is 2.10. The summed E-state index contributed by atoms with van der Waals surface area (Å²) in [4.78, 5) is 13.2. The number of carbonyl (C=O) groups excluding carboxylic acids is 1. The van der Waals surface area contributed by atoms with Gasteiger partial charge in [-0.25, -0.2) is 0 Å². The molecule has 0 spiro atoms. The van der Waals surface area contributed by atoms with Crippen molar-refractivity contribution in [3.8, 4) is 0 Å². The maximum Gasteiger partial charge on any atom is 0.129 e. The van der Waals surface area contributed by atoms with Crippen LogP contribution in [0.3, 0.4) is 0 Å². The summed E-state index contributed by atoms with van der Waals surface area (Å²) >= 11 is 0. The molecule has 0 aromatic heterocycles. The largest absolute Gasteiger partial charge is 0.374 e. The van der Waals surface area contributed by atoms with Crippen molar-refractivity contribution < 1.29 is 4.79 Å². The molecule has 1 rings (SSSR count). The van der Waals surface area contributed by atoms with Gasteiger partial charge in [0.2, 0.25) is 0 Å². The second-order valence-electron chi connectivity index (χ2n) is 6.48. The Hall–Kier alpha value is -1.31. The van der Waals surface area contributed by atoms with Crippen LogP contribution in [0.15, 0.2) is 18.2 Å². The third-order valence-corrected chi connectivity index (χ3v) is 3.50. The van der Waals surface area contributed by atoms with Crippen molar-refractivity contribution in [3.05, 3.63) is 29.3 Å². The van der Waals surface area contributed by atoms with E-state index in [-0.39, 0.29) is 11.2 Å². The second-order valence-corrected chi connectivity index (χ2v) is 6.48. The molecule has 0 radical (unpaired) electrons. The number of rotatable bonds is 5. The summed E-state index contributed by atoms with van der Waals surface area (Å²) in [6.45, 7) is 11.4. The van der Waals surface area contributed by atoms with Crippen molar-refractivity contribution in [2.75, 3.05) is 18.5 Å².